The van der Waals surface area contributed by atoms with Gasteiger partial charge in [-0.2, -0.15) is 0 Å². The third-order valence-corrected chi connectivity index (χ3v) is 4.37. The van der Waals surface area contributed by atoms with Gasteiger partial charge in [0.15, 0.2) is 0 Å². The largest absolute Gasteiger partial charge is 0.379 e. The van der Waals surface area contributed by atoms with E-state index in [0.29, 0.717) is 6.04 Å². The number of rotatable bonds is 3. The van der Waals surface area contributed by atoms with Crippen LogP contribution in [0.1, 0.15) is 24.1 Å². The van der Waals surface area contributed by atoms with Gasteiger partial charge in [-0.15, -0.1) is 0 Å². The van der Waals surface area contributed by atoms with E-state index in [0.717, 1.165) is 70.3 Å². The molecule has 2 saturated heterocycles. The SMILES string of the molecule is Cc1cc(CN2CCOCC2)cc(N2CCC(N)CC2)n1. The van der Waals surface area contributed by atoms with Gasteiger partial charge in [0, 0.05) is 44.5 Å². The standard InChI is InChI=1S/C16H26N4O/c1-13-10-14(12-19-6-8-21-9-7-19)11-16(18-13)20-4-2-15(17)3-5-20/h10-11,15H,2-9,12,17H2,1H3. The maximum Gasteiger partial charge on any atom is 0.129 e. The Morgan fingerprint density at radius 2 is 1.90 bits per heavy atom. The first-order valence-electron chi connectivity index (χ1n) is 7.99. The Balaban J connectivity index is 1.70. The zero-order valence-corrected chi connectivity index (χ0v) is 12.9. The fourth-order valence-corrected chi connectivity index (χ4v) is 3.12. The summed E-state index contributed by atoms with van der Waals surface area (Å²) in [5, 5.41) is 0. The van der Waals surface area contributed by atoms with Gasteiger partial charge in [0.05, 0.1) is 13.2 Å². The predicted octanol–water partition coefficient (Wildman–Crippen LogP) is 1.15. The Hall–Kier alpha value is -1.17. The van der Waals surface area contributed by atoms with Crippen molar-refractivity contribution < 1.29 is 4.74 Å². The molecule has 2 fully saturated rings. The van der Waals surface area contributed by atoms with E-state index in [2.05, 4.69) is 28.9 Å². The second-order valence-electron chi connectivity index (χ2n) is 6.19. The first-order valence-corrected chi connectivity index (χ1v) is 7.99. The van der Waals surface area contributed by atoms with E-state index in [1.807, 2.05) is 0 Å². The smallest absolute Gasteiger partial charge is 0.129 e. The van der Waals surface area contributed by atoms with Gasteiger partial charge in [-0.1, -0.05) is 0 Å². The summed E-state index contributed by atoms with van der Waals surface area (Å²) >= 11 is 0. The summed E-state index contributed by atoms with van der Waals surface area (Å²) < 4.78 is 5.42. The molecule has 0 bridgehead atoms. The average Bonchev–Trinajstić information content (AvgIpc) is 2.48. The van der Waals surface area contributed by atoms with Crippen LogP contribution in [0.3, 0.4) is 0 Å². The number of nitrogens with zero attached hydrogens (tertiary/aromatic N) is 3. The highest BCUT2D eigenvalue weighted by molar-refractivity contribution is 5.43. The fraction of sp³-hybridized carbons (Fsp3) is 0.688. The monoisotopic (exact) mass is 290 g/mol. The Labute approximate surface area is 127 Å². The van der Waals surface area contributed by atoms with Gasteiger partial charge in [-0.25, -0.2) is 4.98 Å². The van der Waals surface area contributed by atoms with Crippen molar-refractivity contribution in [3.8, 4) is 0 Å². The second kappa shape index (κ2) is 6.73. The Morgan fingerprint density at radius 3 is 2.62 bits per heavy atom. The van der Waals surface area contributed by atoms with Crippen molar-refractivity contribution in [2.75, 3.05) is 44.3 Å². The molecule has 0 unspecified atom stereocenters. The van der Waals surface area contributed by atoms with Crippen molar-refractivity contribution >= 4 is 5.82 Å². The van der Waals surface area contributed by atoms with Crippen LogP contribution in [0.15, 0.2) is 12.1 Å². The lowest BCUT2D eigenvalue weighted by atomic mass is 10.1. The highest BCUT2D eigenvalue weighted by Crippen LogP contribution is 2.20. The van der Waals surface area contributed by atoms with Crippen molar-refractivity contribution in [1.82, 2.24) is 9.88 Å². The molecule has 1 aromatic rings. The normalized spacial score (nSPS) is 21.7. The van der Waals surface area contributed by atoms with Crippen molar-refractivity contribution in [1.29, 1.82) is 0 Å². The van der Waals surface area contributed by atoms with Crippen LogP contribution in [0.4, 0.5) is 5.82 Å². The van der Waals surface area contributed by atoms with Gasteiger partial charge in [-0.05, 0) is 37.5 Å². The number of aryl methyl sites for hydroxylation is 1. The number of nitrogens with two attached hydrogens (primary N) is 1. The molecule has 1 aromatic heterocycles. The number of hydrogen-bond donors (Lipinski definition) is 1. The van der Waals surface area contributed by atoms with Crippen LogP contribution in [0.2, 0.25) is 0 Å². The average molecular weight is 290 g/mol. The van der Waals surface area contributed by atoms with Crippen molar-refractivity contribution in [2.24, 2.45) is 5.73 Å². The minimum absolute atomic E-state index is 0.360. The number of ether oxygens (including phenoxy) is 1. The zero-order chi connectivity index (χ0) is 14.7. The summed E-state index contributed by atoms with van der Waals surface area (Å²) in [5.41, 5.74) is 8.45. The van der Waals surface area contributed by atoms with Crippen LogP contribution in [-0.2, 0) is 11.3 Å². The lowest BCUT2D eigenvalue weighted by Gasteiger charge is -2.32. The molecule has 0 saturated carbocycles. The topological polar surface area (TPSA) is 54.6 Å². The molecule has 0 radical (unpaired) electrons. The third kappa shape index (κ3) is 3.93. The maximum absolute atomic E-state index is 5.99. The molecule has 116 valence electrons. The highest BCUT2D eigenvalue weighted by atomic mass is 16.5. The molecular formula is C16H26N4O. The van der Waals surface area contributed by atoms with E-state index < -0.39 is 0 Å². The molecule has 3 heterocycles. The van der Waals surface area contributed by atoms with Crippen LogP contribution in [0.25, 0.3) is 0 Å². The van der Waals surface area contributed by atoms with Crippen LogP contribution in [0.5, 0.6) is 0 Å². The molecule has 0 aliphatic carbocycles. The molecule has 2 aliphatic rings. The summed E-state index contributed by atoms with van der Waals surface area (Å²) in [6.07, 6.45) is 2.13. The Morgan fingerprint density at radius 1 is 1.19 bits per heavy atom. The number of morpholine rings is 1. The van der Waals surface area contributed by atoms with E-state index in [1.54, 1.807) is 0 Å². The van der Waals surface area contributed by atoms with E-state index in [-0.39, 0.29) is 0 Å². The number of aromatic nitrogens is 1. The summed E-state index contributed by atoms with van der Waals surface area (Å²) in [7, 11) is 0. The maximum atomic E-state index is 5.99. The van der Waals surface area contributed by atoms with Crippen molar-refractivity contribution in [3.05, 3.63) is 23.4 Å². The molecule has 2 aliphatic heterocycles. The molecule has 3 rings (SSSR count). The zero-order valence-electron chi connectivity index (χ0n) is 12.9. The third-order valence-electron chi connectivity index (χ3n) is 4.37. The van der Waals surface area contributed by atoms with Crippen LogP contribution < -0.4 is 10.6 Å². The summed E-state index contributed by atoms with van der Waals surface area (Å²) in [6.45, 7) is 8.87. The van der Waals surface area contributed by atoms with E-state index in [1.165, 1.54) is 5.56 Å². The van der Waals surface area contributed by atoms with Crippen LogP contribution >= 0.6 is 0 Å². The number of piperidine rings is 1. The minimum Gasteiger partial charge on any atom is -0.379 e. The summed E-state index contributed by atoms with van der Waals surface area (Å²) in [4.78, 5) is 9.54. The number of hydrogen-bond acceptors (Lipinski definition) is 5. The number of pyridine rings is 1. The second-order valence-corrected chi connectivity index (χ2v) is 6.19. The van der Waals surface area contributed by atoms with Gasteiger partial charge >= 0.3 is 0 Å². The molecule has 0 amide bonds. The molecule has 5 nitrogen and oxygen atoms in total. The van der Waals surface area contributed by atoms with Crippen LogP contribution in [0, 0.1) is 6.92 Å². The first-order chi connectivity index (χ1) is 10.2. The molecule has 21 heavy (non-hydrogen) atoms. The van der Waals surface area contributed by atoms with Gasteiger partial charge in [-0.3, -0.25) is 4.90 Å². The molecule has 0 aromatic carbocycles. The summed E-state index contributed by atoms with van der Waals surface area (Å²) in [5.74, 6) is 1.12. The first kappa shape index (κ1) is 14.8. The van der Waals surface area contributed by atoms with E-state index in [9.17, 15) is 0 Å². The number of anilines is 1. The van der Waals surface area contributed by atoms with E-state index in [4.69, 9.17) is 15.5 Å². The lowest BCUT2D eigenvalue weighted by molar-refractivity contribution is 0.0342. The Kier molecular flexibility index (Phi) is 4.73. The predicted molar refractivity (Wildman–Crippen MR) is 84.5 cm³/mol. The highest BCUT2D eigenvalue weighted by Gasteiger charge is 2.18. The molecule has 5 heteroatoms. The molecule has 0 spiro atoms. The van der Waals surface area contributed by atoms with Gasteiger partial charge in [0.2, 0.25) is 0 Å². The van der Waals surface area contributed by atoms with Gasteiger partial charge < -0.3 is 15.4 Å². The molecule has 0 atom stereocenters. The summed E-state index contributed by atoms with van der Waals surface area (Å²) in [6, 6.07) is 4.81. The molecular weight excluding hydrogens is 264 g/mol. The van der Waals surface area contributed by atoms with Crippen LogP contribution in [-0.4, -0.2) is 55.3 Å². The lowest BCUT2D eigenvalue weighted by Crippen LogP contribution is -2.40. The minimum atomic E-state index is 0.360. The van der Waals surface area contributed by atoms with Crippen molar-refractivity contribution in [2.45, 2.75) is 32.4 Å². The quantitative estimate of drug-likeness (QED) is 0.905. The van der Waals surface area contributed by atoms with Gasteiger partial charge in [0.1, 0.15) is 5.82 Å². The van der Waals surface area contributed by atoms with Crippen molar-refractivity contribution in [3.63, 3.8) is 0 Å². The Bertz CT molecular complexity index is 465. The van der Waals surface area contributed by atoms with E-state index >= 15 is 0 Å². The molecule has 2 N–H and O–H groups in total. The fourth-order valence-electron chi connectivity index (χ4n) is 3.12. The van der Waals surface area contributed by atoms with Gasteiger partial charge in [0.25, 0.3) is 0 Å².